The molecule has 4 rings (SSSR count). The second-order valence-corrected chi connectivity index (χ2v) is 9.60. The van der Waals surface area contributed by atoms with Crippen LogP contribution in [0.5, 0.6) is 0 Å². The number of hydrogen-bond acceptors (Lipinski definition) is 6. The Morgan fingerprint density at radius 1 is 1.31 bits per heavy atom. The smallest absolute Gasteiger partial charge is 0.353 e. The number of aliphatic hydroxyl groups is 1. The zero-order valence-corrected chi connectivity index (χ0v) is 17.2. The first kappa shape index (κ1) is 20.4. The molecule has 8 nitrogen and oxygen atoms in total. The summed E-state index contributed by atoms with van der Waals surface area (Å²) in [4.78, 5) is 40.1. The van der Waals surface area contributed by atoms with Crippen LogP contribution >= 0.6 is 11.8 Å². The number of hydrogen-bond donors (Lipinski definition) is 3. The van der Waals surface area contributed by atoms with Gasteiger partial charge in [-0.2, -0.15) is 0 Å². The number of nitrogens with one attached hydrogen (secondary N) is 1. The second kappa shape index (κ2) is 8.12. The topological polar surface area (TPSA) is 110 Å². The first-order chi connectivity index (χ1) is 13.9. The van der Waals surface area contributed by atoms with Crippen LogP contribution in [0.15, 0.2) is 22.8 Å². The molecule has 158 valence electrons. The lowest BCUT2D eigenvalue weighted by Gasteiger charge is -2.44. The van der Waals surface area contributed by atoms with E-state index >= 15 is 0 Å². The first-order valence-electron chi connectivity index (χ1n) is 10.2. The number of carbonyl (C=O) groups is 3. The maximum absolute atomic E-state index is 12.3. The van der Waals surface area contributed by atoms with Gasteiger partial charge in [-0.1, -0.05) is 6.08 Å². The van der Waals surface area contributed by atoms with Gasteiger partial charge in [-0.25, -0.2) is 4.79 Å². The normalized spacial score (nSPS) is 32.8. The maximum atomic E-state index is 12.3. The minimum atomic E-state index is -1.09. The van der Waals surface area contributed by atoms with Gasteiger partial charge >= 0.3 is 5.97 Å². The van der Waals surface area contributed by atoms with Gasteiger partial charge in [-0.15, -0.1) is 11.8 Å². The molecule has 29 heavy (non-hydrogen) atoms. The van der Waals surface area contributed by atoms with Crippen molar-refractivity contribution >= 4 is 29.5 Å². The Hall–Kier alpha value is -1.84. The predicted octanol–water partition coefficient (Wildman–Crippen LogP) is 0.536. The highest BCUT2D eigenvalue weighted by Crippen LogP contribution is 2.48. The van der Waals surface area contributed by atoms with Crippen LogP contribution in [0.4, 0.5) is 0 Å². The number of amides is 2. The Morgan fingerprint density at radius 3 is 2.69 bits per heavy atom. The number of aliphatic carboxylic acids is 1. The molecule has 3 saturated heterocycles. The maximum Gasteiger partial charge on any atom is 0.353 e. The van der Waals surface area contributed by atoms with E-state index in [9.17, 15) is 24.6 Å². The van der Waals surface area contributed by atoms with Gasteiger partial charge < -0.3 is 25.3 Å². The Bertz CT molecular complexity index is 774. The highest BCUT2D eigenvalue weighted by molar-refractivity contribution is 8.03. The zero-order valence-electron chi connectivity index (χ0n) is 16.4. The number of β-lactam (4-membered cyclic amide) rings is 1. The lowest BCUT2D eigenvalue weighted by Crippen LogP contribution is -2.61. The molecule has 0 bridgehead atoms. The van der Waals surface area contributed by atoms with Gasteiger partial charge in [0.2, 0.25) is 11.8 Å². The molecule has 3 N–H and O–H groups in total. The summed E-state index contributed by atoms with van der Waals surface area (Å²) in [6, 6.07) is -0.169. The van der Waals surface area contributed by atoms with E-state index in [0.717, 1.165) is 32.4 Å². The molecule has 0 saturated carbocycles. The number of carboxylic acid groups (broad SMARTS) is 1. The molecule has 9 heteroatoms. The average molecular weight is 422 g/mol. The van der Waals surface area contributed by atoms with Crippen molar-refractivity contribution in [1.82, 2.24) is 15.1 Å². The SMILES string of the molecule is C[C@@H](O)[C@H]1C(=O)N2C(C(=O)O)=C(S[C@@H]3CN[C@H](C=CC(=O)N4CCCC4)C3)C[C@H]12. The number of fused-ring (bicyclic) bond motifs is 1. The van der Waals surface area contributed by atoms with Crippen LogP contribution in [0, 0.1) is 5.92 Å². The van der Waals surface area contributed by atoms with Gasteiger partial charge in [0.25, 0.3) is 0 Å². The number of carboxylic acids is 1. The van der Waals surface area contributed by atoms with Crippen LogP contribution in [0.3, 0.4) is 0 Å². The van der Waals surface area contributed by atoms with E-state index in [1.807, 2.05) is 11.0 Å². The van der Waals surface area contributed by atoms with E-state index in [1.165, 1.54) is 16.7 Å². The fourth-order valence-corrected chi connectivity index (χ4v) is 6.20. The number of thioether (sulfide) groups is 1. The molecule has 0 spiro atoms. The Labute approximate surface area is 174 Å². The third kappa shape index (κ3) is 3.83. The summed E-state index contributed by atoms with van der Waals surface area (Å²) in [5.41, 5.74) is 0.0742. The standard InChI is InChI=1S/C20H27N3O5S/c1-11(24)17-14-9-15(18(20(27)28)23(14)19(17)26)29-13-8-12(21-10-13)4-5-16(25)22-6-2-3-7-22/h4-5,11-14,17,21,24H,2-3,6-10H2,1H3,(H,27,28)/t11-,12-,13+,14-,17-/m1/s1. The van der Waals surface area contributed by atoms with Gasteiger partial charge in [0, 0.05) is 48.3 Å². The summed E-state index contributed by atoms with van der Waals surface area (Å²) < 4.78 is 0. The number of rotatable bonds is 6. The number of aliphatic hydroxyl groups excluding tert-OH is 1. The largest absolute Gasteiger partial charge is 0.477 e. The second-order valence-electron chi connectivity index (χ2n) is 8.20. The van der Waals surface area contributed by atoms with Crippen LogP contribution in [-0.4, -0.2) is 80.9 Å². The minimum Gasteiger partial charge on any atom is -0.477 e. The number of carbonyl (C=O) groups excluding carboxylic acids is 2. The lowest BCUT2D eigenvalue weighted by atomic mass is 9.83. The molecule has 0 aromatic carbocycles. The van der Waals surface area contributed by atoms with E-state index in [2.05, 4.69) is 5.32 Å². The summed E-state index contributed by atoms with van der Waals surface area (Å²) in [5.74, 6) is -1.86. The summed E-state index contributed by atoms with van der Waals surface area (Å²) in [7, 11) is 0. The Morgan fingerprint density at radius 2 is 2.03 bits per heavy atom. The van der Waals surface area contributed by atoms with Crippen molar-refractivity contribution in [3.05, 3.63) is 22.8 Å². The van der Waals surface area contributed by atoms with Crippen LogP contribution in [0.1, 0.15) is 32.6 Å². The Kier molecular flexibility index (Phi) is 5.72. The van der Waals surface area contributed by atoms with Gasteiger partial charge in [-0.05, 0) is 26.2 Å². The van der Waals surface area contributed by atoms with Gasteiger partial charge in [0.1, 0.15) is 5.70 Å². The molecule has 2 amide bonds. The van der Waals surface area contributed by atoms with Crippen molar-refractivity contribution in [2.45, 2.75) is 56.0 Å². The van der Waals surface area contributed by atoms with E-state index in [0.29, 0.717) is 17.9 Å². The monoisotopic (exact) mass is 421 g/mol. The molecule has 4 aliphatic rings. The lowest BCUT2D eigenvalue weighted by molar-refractivity contribution is -0.161. The molecule has 5 atom stereocenters. The van der Waals surface area contributed by atoms with Crippen molar-refractivity contribution in [3.8, 4) is 0 Å². The van der Waals surface area contributed by atoms with Crippen LogP contribution in [0.25, 0.3) is 0 Å². The minimum absolute atomic E-state index is 0.0547. The molecule has 0 aliphatic carbocycles. The van der Waals surface area contributed by atoms with Crippen molar-refractivity contribution in [3.63, 3.8) is 0 Å². The summed E-state index contributed by atoms with van der Waals surface area (Å²) in [5, 5.41) is 23.0. The van der Waals surface area contributed by atoms with Crippen molar-refractivity contribution in [1.29, 1.82) is 0 Å². The van der Waals surface area contributed by atoms with Gasteiger partial charge in [-0.3, -0.25) is 9.59 Å². The molecule has 3 fully saturated rings. The van der Waals surface area contributed by atoms with E-state index < -0.39 is 18.0 Å². The summed E-state index contributed by atoms with van der Waals surface area (Å²) >= 11 is 1.51. The van der Waals surface area contributed by atoms with Crippen LogP contribution in [0.2, 0.25) is 0 Å². The summed E-state index contributed by atoms with van der Waals surface area (Å²) in [6.07, 6.45) is 6.18. The molecule has 4 aliphatic heterocycles. The van der Waals surface area contributed by atoms with Crippen LogP contribution < -0.4 is 5.32 Å². The van der Waals surface area contributed by atoms with Gasteiger partial charge in [0.15, 0.2) is 0 Å². The first-order valence-corrected chi connectivity index (χ1v) is 11.1. The molecule has 0 aromatic heterocycles. The number of likely N-dealkylation sites (tertiary alicyclic amines) is 1. The molecule has 0 unspecified atom stereocenters. The highest BCUT2D eigenvalue weighted by Gasteiger charge is 2.57. The third-order valence-corrected chi connectivity index (χ3v) is 7.55. The number of nitrogens with zero attached hydrogens (tertiary/aromatic N) is 2. The fraction of sp³-hybridized carbons (Fsp3) is 0.650. The van der Waals surface area contributed by atoms with E-state index in [4.69, 9.17) is 0 Å². The molecule has 4 heterocycles. The van der Waals surface area contributed by atoms with Crippen LogP contribution in [-0.2, 0) is 14.4 Å². The fourth-order valence-electron chi connectivity index (χ4n) is 4.75. The quantitative estimate of drug-likeness (QED) is 0.424. The molecular weight excluding hydrogens is 394 g/mol. The third-order valence-electron chi connectivity index (χ3n) is 6.21. The van der Waals surface area contributed by atoms with Gasteiger partial charge in [0.05, 0.1) is 18.1 Å². The van der Waals surface area contributed by atoms with E-state index in [-0.39, 0.29) is 34.8 Å². The molecule has 0 aromatic rings. The van der Waals surface area contributed by atoms with Crippen molar-refractivity contribution < 1.29 is 24.6 Å². The average Bonchev–Trinajstić information content (AvgIpc) is 3.38. The molecular formula is C20H27N3O5S. The summed E-state index contributed by atoms with van der Waals surface area (Å²) in [6.45, 7) is 3.95. The molecule has 0 radical (unpaired) electrons. The predicted molar refractivity (Wildman–Crippen MR) is 108 cm³/mol. The van der Waals surface area contributed by atoms with E-state index in [1.54, 1.807) is 13.0 Å². The zero-order chi connectivity index (χ0) is 20.7. The van der Waals surface area contributed by atoms with Crippen molar-refractivity contribution in [2.24, 2.45) is 5.92 Å². The van der Waals surface area contributed by atoms with Crippen molar-refractivity contribution in [2.75, 3.05) is 19.6 Å². The Balaban J connectivity index is 1.36. The highest BCUT2D eigenvalue weighted by atomic mass is 32.2.